The van der Waals surface area contributed by atoms with Gasteiger partial charge in [0.2, 0.25) is 0 Å². The largest absolute Gasteiger partial charge is 0.480 e. The zero-order valence-corrected chi connectivity index (χ0v) is 13.2. The molecule has 2 N–H and O–H groups in total. The zero-order valence-electron chi connectivity index (χ0n) is 11.6. The highest BCUT2D eigenvalue weighted by Crippen LogP contribution is 2.30. The highest BCUT2D eigenvalue weighted by atomic mass is 79.9. The van der Waals surface area contributed by atoms with Crippen LogP contribution < -0.4 is 5.32 Å². The maximum atomic E-state index is 12.4. The van der Waals surface area contributed by atoms with Crippen LogP contribution >= 0.6 is 15.9 Å². The molecule has 2 rings (SSSR count). The highest BCUT2D eigenvalue weighted by molar-refractivity contribution is 9.10. The molecule has 20 heavy (non-hydrogen) atoms. The van der Waals surface area contributed by atoms with Crippen molar-refractivity contribution in [3.05, 3.63) is 22.4 Å². The Labute approximate surface area is 126 Å². The van der Waals surface area contributed by atoms with Crippen molar-refractivity contribution >= 4 is 27.8 Å². The number of carbonyl (C=O) groups is 2. The number of rotatable bonds is 4. The van der Waals surface area contributed by atoms with Gasteiger partial charge in [0.05, 0.1) is 0 Å². The number of carboxylic acids is 1. The van der Waals surface area contributed by atoms with E-state index in [1.165, 1.54) is 0 Å². The summed E-state index contributed by atoms with van der Waals surface area (Å²) in [6, 6.07) is 1.85. The van der Waals surface area contributed by atoms with Crippen LogP contribution in [0.1, 0.15) is 56.1 Å². The Bertz CT molecular complexity index is 531. The SMILES string of the molecule is CC(C)n1cc(Br)cc1C(=O)NC1(C(=O)O)CCCC1. The monoisotopic (exact) mass is 342 g/mol. The van der Waals surface area contributed by atoms with Gasteiger partial charge in [0.1, 0.15) is 11.2 Å². The fourth-order valence-corrected chi connectivity index (χ4v) is 3.14. The molecule has 110 valence electrons. The van der Waals surface area contributed by atoms with Crippen LogP contribution in [0.3, 0.4) is 0 Å². The van der Waals surface area contributed by atoms with Crippen molar-refractivity contribution < 1.29 is 14.7 Å². The summed E-state index contributed by atoms with van der Waals surface area (Å²) in [6.45, 7) is 3.96. The van der Waals surface area contributed by atoms with Gasteiger partial charge in [0.15, 0.2) is 0 Å². The van der Waals surface area contributed by atoms with Gasteiger partial charge < -0.3 is 15.0 Å². The predicted molar refractivity (Wildman–Crippen MR) is 78.8 cm³/mol. The molecule has 5 nitrogen and oxygen atoms in total. The van der Waals surface area contributed by atoms with Crippen LogP contribution in [0.15, 0.2) is 16.7 Å². The number of hydrogen-bond acceptors (Lipinski definition) is 2. The van der Waals surface area contributed by atoms with Crippen molar-refractivity contribution in [2.45, 2.75) is 51.1 Å². The predicted octanol–water partition coefficient (Wildman–Crippen LogP) is 2.96. The van der Waals surface area contributed by atoms with Crippen LogP contribution in [0.5, 0.6) is 0 Å². The second-order valence-corrected chi connectivity index (χ2v) is 6.51. The first-order valence-electron chi connectivity index (χ1n) is 6.79. The molecule has 0 radical (unpaired) electrons. The quantitative estimate of drug-likeness (QED) is 0.883. The Kier molecular flexibility index (Phi) is 4.22. The van der Waals surface area contributed by atoms with Gasteiger partial charge in [-0.2, -0.15) is 0 Å². The van der Waals surface area contributed by atoms with Crippen LogP contribution in [0.4, 0.5) is 0 Å². The molecule has 1 heterocycles. The number of carboxylic acid groups (broad SMARTS) is 1. The molecular formula is C14H19BrN2O3. The fourth-order valence-electron chi connectivity index (χ4n) is 2.71. The van der Waals surface area contributed by atoms with Gasteiger partial charge in [-0.05, 0) is 48.7 Å². The molecule has 1 aliphatic rings. The molecule has 1 amide bonds. The Morgan fingerprint density at radius 3 is 2.50 bits per heavy atom. The smallest absolute Gasteiger partial charge is 0.329 e. The molecule has 1 aliphatic carbocycles. The molecule has 0 saturated heterocycles. The summed E-state index contributed by atoms with van der Waals surface area (Å²) >= 11 is 3.36. The van der Waals surface area contributed by atoms with E-state index in [2.05, 4.69) is 21.2 Å². The van der Waals surface area contributed by atoms with E-state index < -0.39 is 11.5 Å². The average molecular weight is 343 g/mol. The van der Waals surface area contributed by atoms with Crippen molar-refractivity contribution in [3.63, 3.8) is 0 Å². The number of nitrogens with zero attached hydrogens (tertiary/aromatic N) is 1. The van der Waals surface area contributed by atoms with E-state index in [0.29, 0.717) is 18.5 Å². The number of carbonyl (C=O) groups excluding carboxylic acids is 1. The van der Waals surface area contributed by atoms with Crippen LogP contribution in [0, 0.1) is 0 Å². The van der Waals surface area contributed by atoms with E-state index >= 15 is 0 Å². The van der Waals surface area contributed by atoms with Crippen LogP contribution in [-0.2, 0) is 4.79 Å². The summed E-state index contributed by atoms with van der Waals surface area (Å²) in [7, 11) is 0. The van der Waals surface area contributed by atoms with Crippen LogP contribution in [0.25, 0.3) is 0 Å². The first-order valence-corrected chi connectivity index (χ1v) is 7.58. The summed E-state index contributed by atoms with van der Waals surface area (Å²) in [5, 5.41) is 12.1. The minimum absolute atomic E-state index is 0.131. The average Bonchev–Trinajstić information content (AvgIpc) is 2.96. The molecule has 0 aliphatic heterocycles. The molecule has 1 fully saturated rings. The van der Waals surface area contributed by atoms with Gasteiger partial charge in [-0.15, -0.1) is 0 Å². The summed E-state index contributed by atoms with van der Waals surface area (Å²) in [6.07, 6.45) is 4.50. The Morgan fingerprint density at radius 1 is 1.40 bits per heavy atom. The van der Waals surface area contributed by atoms with Crippen molar-refractivity contribution in [1.29, 1.82) is 0 Å². The van der Waals surface area contributed by atoms with Crippen molar-refractivity contribution in [1.82, 2.24) is 9.88 Å². The lowest BCUT2D eigenvalue weighted by Gasteiger charge is -2.26. The van der Waals surface area contributed by atoms with E-state index in [1.54, 1.807) is 6.07 Å². The molecular weight excluding hydrogens is 324 g/mol. The van der Waals surface area contributed by atoms with Gasteiger partial charge in [0, 0.05) is 16.7 Å². The molecule has 1 saturated carbocycles. The molecule has 0 bridgehead atoms. The highest BCUT2D eigenvalue weighted by Gasteiger charge is 2.43. The minimum Gasteiger partial charge on any atom is -0.480 e. The summed E-state index contributed by atoms with van der Waals surface area (Å²) in [4.78, 5) is 23.9. The molecule has 0 atom stereocenters. The van der Waals surface area contributed by atoms with E-state index in [1.807, 2.05) is 24.6 Å². The van der Waals surface area contributed by atoms with Gasteiger partial charge in [-0.3, -0.25) is 4.79 Å². The third-order valence-corrected chi connectivity index (χ3v) is 4.26. The summed E-state index contributed by atoms with van der Waals surface area (Å²) < 4.78 is 2.65. The van der Waals surface area contributed by atoms with Crippen molar-refractivity contribution in [2.24, 2.45) is 0 Å². The number of amides is 1. The molecule has 0 aromatic carbocycles. The van der Waals surface area contributed by atoms with Gasteiger partial charge >= 0.3 is 5.97 Å². The Hall–Kier alpha value is -1.30. The maximum Gasteiger partial charge on any atom is 0.329 e. The van der Waals surface area contributed by atoms with Crippen LogP contribution in [-0.4, -0.2) is 27.1 Å². The van der Waals surface area contributed by atoms with Gasteiger partial charge in [-0.25, -0.2) is 4.79 Å². The first kappa shape index (κ1) is 15.1. The number of nitrogens with one attached hydrogen (secondary N) is 1. The summed E-state index contributed by atoms with van der Waals surface area (Å²) in [5.41, 5.74) is -0.616. The molecule has 1 aromatic heterocycles. The second kappa shape index (κ2) is 5.60. The summed E-state index contributed by atoms with van der Waals surface area (Å²) in [5.74, 6) is -1.27. The standard InChI is InChI=1S/C14H19BrN2O3/c1-9(2)17-8-10(15)7-11(17)12(18)16-14(13(19)20)5-3-4-6-14/h7-9H,3-6H2,1-2H3,(H,16,18)(H,19,20). The van der Waals surface area contributed by atoms with Gasteiger partial charge in [0.25, 0.3) is 5.91 Å². The molecule has 1 aromatic rings. The van der Waals surface area contributed by atoms with Crippen LogP contribution in [0.2, 0.25) is 0 Å². The number of aromatic nitrogens is 1. The lowest BCUT2D eigenvalue weighted by molar-refractivity contribution is -0.144. The Morgan fingerprint density at radius 2 is 2.00 bits per heavy atom. The molecule has 0 spiro atoms. The third kappa shape index (κ3) is 2.75. The minimum atomic E-state index is -1.10. The van der Waals surface area contributed by atoms with E-state index in [4.69, 9.17) is 0 Å². The fraction of sp³-hybridized carbons (Fsp3) is 0.571. The Balaban J connectivity index is 2.26. The van der Waals surface area contributed by atoms with Crippen molar-refractivity contribution in [2.75, 3.05) is 0 Å². The van der Waals surface area contributed by atoms with E-state index in [-0.39, 0.29) is 11.9 Å². The van der Waals surface area contributed by atoms with Gasteiger partial charge in [-0.1, -0.05) is 12.8 Å². The second-order valence-electron chi connectivity index (χ2n) is 5.59. The maximum absolute atomic E-state index is 12.4. The molecule has 6 heteroatoms. The number of hydrogen-bond donors (Lipinski definition) is 2. The lowest BCUT2D eigenvalue weighted by atomic mass is 9.97. The topological polar surface area (TPSA) is 71.3 Å². The number of halogens is 1. The first-order chi connectivity index (χ1) is 9.35. The normalized spacial score (nSPS) is 17.4. The number of aliphatic carboxylic acids is 1. The zero-order chi connectivity index (χ0) is 14.9. The molecule has 0 unspecified atom stereocenters. The van der Waals surface area contributed by atoms with E-state index in [9.17, 15) is 14.7 Å². The van der Waals surface area contributed by atoms with E-state index in [0.717, 1.165) is 17.3 Å². The third-order valence-electron chi connectivity index (χ3n) is 3.82. The van der Waals surface area contributed by atoms with Crippen molar-refractivity contribution in [3.8, 4) is 0 Å². The lowest BCUT2D eigenvalue weighted by Crippen LogP contribution is -2.52.